The molecule has 24 heavy (non-hydrogen) atoms. The molecule has 2 N–H and O–H groups in total. The Labute approximate surface area is 141 Å². The van der Waals surface area contributed by atoms with Gasteiger partial charge >= 0.3 is 5.97 Å². The lowest BCUT2D eigenvalue weighted by Gasteiger charge is -2.22. The molecule has 1 aliphatic heterocycles. The Morgan fingerprint density at radius 3 is 2.25 bits per heavy atom. The molecule has 2 amide bonds. The predicted octanol–water partition coefficient (Wildman–Crippen LogP) is 2.29. The molecule has 0 saturated carbocycles. The molecular weight excluding hydrogens is 308 g/mol. The minimum atomic E-state index is -0.865. The van der Waals surface area contributed by atoms with E-state index in [2.05, 4.69) is 5.32 Å². The van der Waals surface area contributed by atoms with Gasteiger partial charge in [0.05, 0.1) is 11.1 Å². The van der Waals surface area contributed by atoms with Crippen molar-refractivity contribution in [1.82, 2.24) is 10.2 Å². The van der Waals surface area contributed by atoms with E-state index in [1.807, 2.05) is 13.8 Å². The van der Waals surface area contributed by atoms with Gasteiger partial charge in [-0.25, -0.2) is 0 Å². The summed E-state index contributed by atoms with van der Waals surface area (Å²) in [7, 11) is 0. The van der Waals surface area contributed by atoms with Gasteiger partial charge < -0.3 is 10.4 Å². The van der Waals surface area contributed by atoms with Gasteiger partial charge in [0, 0.05) is 12.6 Å². The molecule has 1 aromatic carbocycles. The van der Waals surface area contributed by atoms with E-state index in [1.165, 1.54) is 4.90 Å². The molecule has 1 aromatic rings. The lowest BCUT2D eigenvalue weighted by molar-refractivity contribution is -0.139. The van der Waals surface area contributed by atoms with Crippen molar-refractivity contribution in [2.24, 2.45) is 0 Å². The number of benzene rings is 1. The quantitative estimate of drug-likeness (QED) is 0.678. The van der Waals surface area contributed by atoms with Gasteiger partial charge in [0.15, 0.2) is 0 Å². The lowest BCUT2D eigenvalue weighted by atomic mass is 10.1. The zero-order valence-corrected chi connectivity index (χ0v) is 14.1. The zero-order valence-electron chi connectivity index (χ0n) is 14.1. The van der Waals surface area contributed by atoms with Crippen LogP contribution in [-0.4, -0.2) is 46.4 Å². The Hall–Kier alpha value is -2.21. The van der Waals surface area contributed by atoms with Crippen molar-refractivity contribution < 1.29 is 19.5 Å². The van der Waals surface area contributed by atoms with Crippen LogP contribution < -0.4 is 5.32 Å². The van der Waals surface area contributed by atoms with Crippen molar-refractivity contribution in [3.05, 3.63) is 35.4 Å². The van der Waals surface area contributed by atoms with Crippen molar-refractivity contribution >= 4 is 17.8 Å². The summed E-state index contributed by atoms with van der Waals surface area (Å²) in [6.07, 6.45) is 2.87. The molecule has 6 nitrogen and oxygen atoms in total. The van der Waals surface area contributed by atoms with Gasteiger partial charge in [-0.2, -0.15) is 0 Å². The molecule has 2 rings (SSSR count). The smallest absolute Gasteiger partial charge is 0.320 e. The Balaban J connectivity index is 1.90. The molecule has 0 spiro atoms. The number of rotatable bonds is 9. The van der Waals surface area contributed by atoms with E-state index < -0.39 is 12.0 Å². The molecule has 6 heteroatoms. The third-order valence-corrected chi connectivity index (χ3v) is 4.29. The minimum absolute atomic E-state index is 0.104. The molecule has 1 aliphatic rings. The zero-order chi connectivity index (χ0) is 17.7. The maximum Gasteiger partial charge on any atom is 0.320 e. The van der Waals surface area contributed by atoms with Gasteiger partial charge in [-0.15, -0.1) is 0 Å². The number of imide groups is 1. The molecule has 0 aromatic heterocycles. The predicted molar refractivity (Wildman–Crippen MR) is 90.0 cm³/mol. The second-order valence-corrected chi connectivity index (χ2v) is 6.20. The standard InChI is InChI=1S/C18H24N2O4/c1-3-4-9-15(18(23)24)19-12(2)10-11-20-16(21)13-7-5-6-8-14(13)17(20)22/h5-8,12,15,19H,3-4,9-11H2,1-2H3,(H,23,24)/t12?,15-/m0/s1. The van der Waals surface area contributed by atoms with Gasteiger partial charge in [-0.05, 0) is 31.9 Å². The van der Waals surface area contributed by atoms with E-state index in [1.54, 1.807) is 24.3 Å². The van der Waals surface area contributed by atoms with Gasteiger partial charge in [0.1, 0.15) is 6.04 Å². The van der Waals surface area contributed by atoms with Crippen LogP contribution in [0.15, 0.2) is 24.3 Å². The number of nitrogens with one attached hydrogen (secondary N) is 1. The Bertz CT molecular complexity index is 594. The van der Waals surface area contributed by atoms with Crippen LogP contribution in [0.3, 0.4) is 0 Å². The normalized spacial score (nSPS) is 16.2. The molecule has 2 atom stereocenters. The Morgan fingerprint density at radius 1 is 1.17 bits per heavy atom. The molecule has 0 aliphatic carbocycles. The summed E-state index contributed by atoms with van der Waals surface area (Å²) in [6, 6.07) is 6.09. The number of carboxylic acid groups (broad SMARTS) is 1. The Kier molecular flexibility index (Phi) is 6.09. The van der Waals surface area contributed by atoms with Crippen molar-refractivity contribution in [2.45, 2.75) is 51.6 Å². The van der Waals surface area contributed by atoms with Gasteiger partial charge in [0.2, 0.25) is 0 Å². The summed E-state index contributed by atoms with van der Waals surface area (Å²) in [5.74, 6) is -1.41. The SMILES string of the molecule is CCCC[C@H](NC(C)CCN1C(=O)c2ccccc2C1=O)C(=O)O. The molecule has 0 bridgehead atoms. The van der Waals surface area contributed by atoms with Crippen molar-refractivity contribution in [3.63, 3.8) is 0 Å². The van der Waals surface area contributed by atoms with Crippen LogP contribution in [0.4, 0.5) is 0 Å². The fourth-order valence-electron chi connectivity index (χ4n) is 2.88. The van der Waals surface area contributed by atoms with E-state index in [0.29, 0.717) is 24.0 Å². The summed E-state index contributed by atoms with van der Waals surface area (Å²) in [4.78, 5) is 37.1. The first-order valence-corrected chi connectivity index (χ1v) is 8.39. The van der Waals surface area contributed by atoms with Crippen LogP contribution in [0.2, 0.25) is 0 Å². The second kappa shape index (κ2) is 8.06. The monoisotopic (exact) mass is 332 g/mol. The van der Waals surface area contributed by atoms with E-state index in [9.17, 15) is 19.5 Å². The highest BCUT2D eigenvalue weighted by Crippen LogP contribution is 2.22. The Morgan fingerprint density at radius 2 is 1.75 bits per heavy atom. The highest BCUT2D eigenvalue weighted by Gasteiger charge is 2.34. The lowest BCUT2D eigenvalue weighted by Crippen LogP contribution is -2.44. The first kappa shape index (κ1) is 18.1. The van der Waals surface area contributed by atoms with Gasteiger partial charge in [0.25, 0.3) is 11.8 Å². The van der Waals surface area contributed by atoms with E-state index >= 15 is 0 Å². The van der Waals surface area contributed by atoms with Crippen LogP contribution in [0, 0.1) is 0 Å². The average molecular weight is 332 g/mol. The fourth-order valence-corrected chi connectivity index (χ4v) is 2.88. The van der Waals surface area contributed by atoms with Crippen LogP contribution in [0.5, 0.6) is 0 Å². The maximum atomic E-state index is 12.3. The summed E-state index contributed by atoms with van der Waals surface area (Å²) < 4.78 is 0. The molecule has 1 unspecified atom stereocenters. The summed E-state index contributed by atoms with van der Waals surface area (Å²) in [6.45, 7) is 4.17. The van der Waals surface area contributed by atoms with E-state index in [4.69, 9.17) is 0 Å². The first-order chi connectivity index (χ1) is 11.5. The average Bonchev–Trinajstić information content (AvgIpc) is 2.81. The number of nitrogens with zero attached hydrogens (tertiary/aromatic N) is 1. The van der Waals surface area contributed by atoms with E-state index in [0.717, 1.165) is 12.8 Å². The second-order valence-electron chi connectivity index (χ2n) is 6.20. The number of fused-ring (bicyclic) bond motifs is 1. The van der Waals surface area contributed by atoms with Gasteiger partial charge in [-0.1, -0.05) is 31.9 Å². The minimum Gasteiger partial charge on any atom is -0.480 e. The molecule has 0 saturated heterocycles. The van der Waals surface area contributed by atoms with Crippen molar-refractivity contribution in [1.29, 1.82) is 0 Å². The topological polar surface area (TPSA) is 86.7 Å². The highest BCUT2D eigenvalue weighted by atomic mass is 16.4. The summed E-state index contributed by atoms with van der Waals surface area (Å²) in [5.41, 5.74) is 0.879. The molecular formula is C18H24N2O4. The number of hydrogen-bond donors (Lipinski definition) is 2. The van der Waals surface area contributed by atoms with E-state index in [-0.39, 0.29) is 24.4 Å². The third-order valence-electron chi connectivity index (χ3n) is 4.29. The third kappa shape index (κ3) is 4.00. The van der Waals surface area contributed by atoms with Crippen LogP contribution >= 0.6 is 0 Å². The van der Waals surface area contributed by atoms with Crippen LogP contribution in [-0.2, 0) is 4.79 Å². The van der Waals surface area contributed by atoms with Crippen LogP contribution in [0.1, 0.15) is 60.2 Å². The number of carbonyl (C=O) groups excluding carboxylic acids is 2. The number of unbranched alkanes of at least 4 members (excludes halogenated alkanes) is 1. The molecule has 0 fully saturated rings. The number of hydrogen-bond acceptors (Lipinski definition) is 4. The highest BCUT2D eigenvalue weighted by molar-refractivity contribution is 6.21. The number of aliphatic carboxylic acids is 1. The number of amides is 2. The van der Waals surface area contributed by atoms with Crippen molar-refractivity contribution in [3.8, 4) is 0 Å². The molecule has 0 radical (unpaired) electrons. The van der Waals surface area contributed by atoms with Crippen LogP contribution in [0.25, 0.3) is 0 Å². The van der Waals surface area contributed by atoms with Gasteiger partial charge in [-0.3, -0.25) is 19.3 Å². The molecule has 1 heterocycles. The maximum absolute atomic E-state index is 12.3. The summed E-state index contributed by atoms with van der Waals surface area (Å²) in [5, 5.41) is 12.3. The molecule has 130 valence electrons. The number of carboxylic acids is 1. The fraction of sp³-hybridized carbons (Fsp3) is 0.500. The first-order valence-electron chi connectivity index (χ1n) is 8.39. The summed E-state index contributed by atoms with van der Waals surface area (Å²) >= 11 is 0. The number of carbonyl (C=O) groups is 3. The largest absolute Gasteiger partial charge is 0.480 e. The van der Waals surface area contributed by atoms with Crippen molar-refractivity contribution in [2.75, 3.05) is 6.54 Å².